The molecule has 182 valence electrons. The molecule has 11 heteroatoms. The molecule has 0 aliphatic rings. The minimum atomic E-state index is -3.97. The standard InChI is InChI=1S/C25H19FN4O5S/c1-15-3-4-17(14-27-15)19-12-23(34-2)22(13-20(19)26)30-21-7-6-18(11-16(21)5-8-25(30)31)36(32,33)29-24-9-10-35-28-24/h3-14H,1-2H3,(H,28,29). The van der Waals surface area contributed by atoms with Gasteiger partial charge in [0.25, 0.3) is 15.6 Å². The highest BCUT2D eigenvalue weighted by atomic mass is 32.2. The molecule has 0 saturated heterocycles. The van der Waals surface area contributed by atoms with Crippen molar-refractivity contribution < 1.29 is 22.1 Å². The molecule has 3 aromatic heterocycles. The molecule has 0 amide bonds. The van der Waals surface area contributed by atoms with Crippen molar-refractivity contribution >= 4 is 26.7 Å². The largest absolute Gasteiger partial charge is 0.495 e. The second-order valence-electron chi connectivity index (χ2n) is 7.91. The average molecular weight is 507 g/mol. The lowest BCUT2D eigenvalue weighted by atomic mass is 10.0. The molecule has 0 spiro atoms. The van der Waals surface area contributed by atoms with Crippen molar-refractivity contribution in [2.45, 2.75) is 11.8 Å². The Kier molecular flexibility index (Phi) is 5.77. The molecule has 0 aliphatic heterocycles. The second-order valence-corrected chi connectivity index (χ2v) is 9.59. The zero-order valence-corrected chi connectivity index (χ0v) is 19.9. The fourth-order valence-electron chi connectivity index (χ4n) is 3.83. The molecule has 36 heavy (non-hydrogen) atoms. The number of fused-ring (bicyclic) bond motifs is 1. The van der Waals surface area contributed by atoms with Crippen LogP contribution in [-0.4, -0.2) is 30.2 Å². The van der Waals surface area contributed by atoms with Crippen LogP contribution in [0.5, 0.6) is 5.75 Å². The van der Waals surface area contributed by atoms with Crippen LogP contribution in [0.15, 0.2) is 87.3 Å². The summed E-state index contributed by atoms with van der Waals surface area (Å²) in [5.74, 6) is -0.286. The summed E-state index contributed by atoms with van der Waals surface area (Å²) >= 11 is 0. The summed E-state index contributed by atoms with van der Waals surface area (Å²) in [5.41, 5.74) is 1.71. The normalized spacial score (nSPS) is 11.5. The molecule has 0 saturated carbocycles. The molecular weight excluding hydrogens is 487 g/mol. The van der Waals surface area contributed by atoms with Crippen LogP contribution in [0.2, 0.25) is 0 Å². The van der Waals surface area contributed by atoms with Gasteiger partial charge in [-0.1, -0.05) is 11.2 Å². The number of sulfonamides is 1. The van der Waals surface area contributed by atoms with Gasteiger partial charge in [-0.25, -0.2) is 12.8 Å². The Bertz CT molecular complexity index is 1750. The van der Waals surface area contributed by atoms with E-state index >= 15 is 4.39 Å². The van der Waals surface area contributed by atoms with Gasteiger partial charge in [0, 0.05) is 46.6 Å². The predicted molar refractivity (Wildman–Crippen MR) is 131 cm³/mol. The summed E-state index contributed by atoms with van der Waals surface area (Å²) in [5, 5.41) is 3.99. The molecule has 0 bridgehead atoms. The van der Waals surface area contributed by atoms with Crippen molar-refractivity contribution in [3.05, 3.63) is 95.0 Å². The lowest BCUT2D eigenvalue weighted by molar-refractivity contribution is 0.412. The zero-order chi connectivity index (χ0) is 25.4. The minimum Gasteiger partial charge on any atom is -0.495 e. The summed E-state index contributed by atoms with van der Waals surface area (Å²) in [6, 6.07) is 14.6. The van der Waals surface area contributed by atoms with Gasteiger partial charge < -0.3 is 9.26 Å². The Morgan fingerprint density at radius 1 is 1.06 bits per heavy atom. The molecule has 1 N–H and O–H groups in total. The topological polar surface area (TPSA) is 116 Å². The van der Waals surface area contributed by atoms with Crippen molar-refractivity contribution in [3.63, 3.8) is 0 Å². The first-order valence-corrected chi connectivity index (χ1v) is 12.1. The maximum absolute atomic E-state index is 15.3. The van der Waals surface area contributed by atoms with Gasteiger partial charge >= 0.3 is 0 Å². The van der Waals surface area contributed by atoms with Crippen molar-refractivity contribution in [2.24, 2.45) is 0 Å². The molecule has 0 unspecified atom stereocenters. The molecule has 0 fully saturated rings. The summed E-state index contributed by atoms with van der Waals surface area (Å²) in [7, 11) is -2.55. The number of rotatable bonds is 6. The van der Waals surface area contributed by atoms with Crippen LogP contribution in [0, 0.1) is 12.7 Å². The Morgan fingerprint density at radius 3 is 2.58 bits per heavy atom. The third kappa shape index (κ3) is 4.20. The van der Waals surface area contributed by atoms with Gasteiger partial charge in [0.05, 0.1) is 23.2 Å². The second kappa shape index (κ2) is 8.93. The molecule has 3 heterocycles. The van der Waals surface area contributed by atoms with Crippen LogP contribution in [0.25, 0.3) is 27.7 Å². The quantitative estimate of drug-likeness (QED) is 0.365. The predicted octanol–water partition coefficient (Wildman–Crippen LogP) is 4.30. The van der Waals surface area contributed by atoms with E-state index in [9.17, 15) is 13.2 Å². The Labute approximate surface area is 204 Å². The van der Waals surface area contributed by atoms with Crippen LogP contribution < -0.4 is 15.0 Å². The summed E-state index contributed by atoms with van der Waals surface area (Å²) in [6.07, 6.45) is 2.80. The van der Waals surface area contributed by atoms with Crippen LogP contribution in [0.4, 0.5) is 10.2 Å². The van der Waals surface area contributed by atoms with Crippen LogP contribution >= 0.6 is 0 Å². The lowest BCUT2D eigenvalue weighted by Gasteiger charge is -2.16. The average Bonchev–Trinajstić information content (AvgIpc) is 3.36. The third-order valence-electron chi connectivity index (χ3n) is 5.58. The summed E-state index contributed by atoms with van der Waals surface area (Å²) in [6.45, 7) is 1.83. The van der Waals surface area contributed by atoms with E-state index in [1.54, 1.807) is 18.3 Å². The highest BCUT2D eigenvalue weighted by molar-refractivity contribution is 7.92. The van der Waals surface area contributed by atoms with E-state index in [0.717, 1.165) is 5.69 Å². The number of nitrogens with one attached hydrogen (secondary N) is 1. The summed E-state index contributed by atoms with van der Waals surface area (Å²) < 4.78 is 54.6. The van der Waals surface area contributed by atoms with Crippen LogP contribution in [0.1, 0.15) is 5.69 Å². The number of nitrogens with zero attached hydrogens (tertiary/aromatic N) is 3. The van der Waals surface area contributed by atoms with Crippen LogP contribution in [-0.2, 0) is 10.0 Å². The fraction of sp³-hybridized carbons (Fsp3) is 0.0800. The smallest absolute Gasteiger partial charge is 0.263 e. The highest BCUT2D eigenvalue weighted by Crippen LogP contribution is 2.33. The maximum atomic E-state index is 15.3. The van der Waals surface area contributed by atoms with Gasteiger partial charge in [0.2, 0.25) is 0 Å². The molecule has 2 aromatic carbocycles. The monoisotopic (exact) mass is 506 g/mol. The minimum absolute atomic E-state index is 0.0316. The molecule has 5 aromatic rings. The van der Waals surface area contributed by atoms with Gasteiger partial charge in [-0.3, -0.25) is 19.1 Å². The Morgan fingerprint density at radius 2 is 1.89 bits per heavy atom. The van der Waals surface area contributed by atoms with E-state index in [1.807, 2.05) is 6.92 Å². The fourth-order valence-corrected chi connectivity index (χ4v) is 4.86. The highest BCUT2D eigenvalue weighted by Gasteiger charge is 2.20. The van der Waals surface area contributed by atoms with E-state index in [-0.39, 0.29) is 27.7 Å². The Hall–Kier alpha value is -4.51. The van der Waals surface area contributed by atoms with Gasteiger partial charge in [-0.05, 0) is 43.3 Å². The maximum Gasteiger partial charge on any atom is 0.263 e. The number of anilines is 1. The molecule has 5 rings (SSSR count). The third-order valence-corrected chi connectivity index (χ3v) is 6.94. The van der Waals surface area contributed by atoms with Crippen molar-refractivity contribution in [1.29, 1.82) is 0 Å². The van der Waals surface area contributed by atoms with E-state index in [1.165, 1.54) is 66.5 Å². The molecule has 0 radical (unpaired) electrons. The lowest BCUT2D eigenvalue weighted by Crippen LogP contribution is -2.19. The number of methoxy groups -OCH3 is 1. The van der Waals surface area contributed by atoms with Gasteiger partial charge in [-0.2, -0.15) is 0 Å². The van der Waals surface area contributed by atoms with E-state index in [4.69, 9.17) is 4.74 Å². The van der Waals surface area contributed by atoms with Crippen LogP contribution in [0.3, 0.4) is 0 Å². The number of pyridine rings is 2. The van der Waals surface area contributed by atoms with Crippen molar-refractivity contribution in [3.8, 4) is 22.6 Å². The number of ether oxygens (including phenoxy) is 1. The van der Waals surface area contributed by atoms with Gasteiger partial charge in [0.15, 0.2) is 5.82 Å². The number of aromatic nitrogens is 3. The van der Waals surface area contributed by atoms with E-state index in [0.29, 0.717) is 16.5 Å². The number of hydrogen-bond donors (Lipinski definition) is 1. The van der Waals surface area contributed by atoms with E-state index < -0.39 is 21.4 Å². The number of halogens is 1. The molecular formula is C25H19FN4O5S. The van der Waals surface area contributed by atoms with Gasteiger partial charge in [-0.15, -0.1) is 0 Å². The van der Waals surface area contributed by atoms with E-state index in [2.05, 4.69) is 19.4 Å². The molecule has 0 aliphatic carbocycles. The first-order valence-electron chi connectivity index (χ1n) is 10.7. The van der Waals surface area contributed by atoms with Crippen molar-refractivity contribution in [2.75, 3.05) is 11.8 Å². The van der Waals surface area contributed by atoms with Gasteiger partial charge in [0.1, 0.15) is 17.8 Å². The first-order chi connectivity index (χ1) is 17.3. The first kappa shape index (κ1) is 23.2. The molecule has 9 nitrogen and oxygen atoms in total. The zero-order valence-electron chi connectivity index (χ0n) is 19.1. The SMILES string of the molecule is COc1cc(-c2ccc(C)nc2)c(F)cc1-n1c(=O)ccc2cc(S(=O)(=O)Nc3ccon3)ccc21. The molecule has 0 atom stereocenters. The van der Waals surface area contributed by atoms with Crippen molar-refractivity contribution in [1.82, 2.24) is 14.7 Å². The Balaban J connectivity index is 1.64. The number of benzene rings is 2. The summed E-state index contributed by atoms with van der Waals surface area (Å²) in [4.78, 5) is 17.1. The number of hydrogen-bond acceptors (Lipinski definition) is 7. The number of aryl methyl sites for hydroxylation is 1.